The van der Waals surface area contributed by atoms with E-state index in [4.69, 9.17) is 12.2 Å². The zero-order valence-electron chi connectivity index (χ0n) is 16.5. The number of hydrogen-bond acceptors (Lipinski definition) is 1. The smallest absolute Gasteiger partial charge is 0.356 e. The molecule has 0 saturated carbocycles. The summed E-state index contributed by atoms with van der Waals surface area (Å²) in [6.45, 7) is 2.09. The largest absolute Gasteiger partial charge is 0.460 e. The molecular weight excluding hydrogens is 431 g/mol. The average molecular weight is 453 g/mol. The Morgan fingerprint density at radius 2 is 1.47 bits per heavy atom. The number of unbranched alkanes of at least 4 members (excludes halogenated alkanes) is 3. The van der Waals surface area contributed by atoms with E-state index in [2.05, 4.69) is 6.92 Å². The molecule has 0 aliphatic rings. The van der Waals surface area contributed by atoms with Gasteiger partial charge in [-0.3, -0.25) is 0 Å². The highest BCUT2D eigenvalue weighted by Crippen LogP contribution is 2.51. The van der Waals surface area contributed by atoms with Gasteiger partial charge in [-0.1, -0.05) is 62.7 Å². The van der Waals surface area contributed by atoms with Crippen LogP contribution in [0, 0.1) is 4.51 Å². The Bertz CT molecular complexity index is 914. The predicted molar refractivity (Wildman–Crippen MR) is 104 cm³/mol. The van der Waals surface area contributed by atoms with Gasteiger partial charge < -0.3 is 4.57 Å². The van der Waals surface area contributed by atoms with Crippen LogP contribution in [0.15, 0.2) is 36.7 Å². The summed E-state index contributed by atoms with van der Waals surface area (Å²) in [4.78, 5) is 0. The van der Waals surface area contributed by atoms with Gasteiger partial charge in [-0.2, -0.15) is 30.7 Å². The normalized spacial score (nSPS) is 13.0. The van der Waals surface area contributed by atoms with Crippen molar-refractivity contribution in [2.24, 2.45) is 7.05 Å². The third-order valence-electron chi connectivity index (χ3n) is 4.84. The molecule has 0 N–H and O–H groups in total. The lowest BCUT2D eigenvalue weighted by Gasteiger charge is -2.28. The molecule has 0 aliphatic heterocycles. The van der Waals surface area contributed by atoms with Crippen LogP contribution in [0.2, 0.25) is 0 Å². The van der Waals surface area contributed by atoms with Gasteiger partial charge in [-0.05, 0) is 24.0 Å². The van der Waals surface area contributed by atoms with Crippen LogP contribution in [0.5, 0.6) is 0 Å². The Kier molecular flexibility index (Phi) is 7.37. The van der Waals surface area contributed by atoms with Crippen molar-refractivity contribution in [1.82, 2.24) is 4.57 Å². The van der Waals surface area contributed by atoms with Crippen molar-refractivity contribution in [3.63, 3.8) is 0 Å². The zero-order valence-corrected chi connectivity index (χ0v) is 17.3. The van der Waals surface area contributed by atoms with Crippen LogP contribution in [0.4, 0.5) is 30.7 Å². The van der Waals surface area contributed by atoms with Crippen molar-refractivity contribution in [2.75, 3.05) is 0 Å². The summed E-state index contributed by atoms with van der Waals surface area (Å²) in [6, 6.07) is 3.33. The van der Waals surface area contributed by atoms with E-state index in [0.717, 1.165) is 49.8 Å². The van der Waals surface area contributed by atoms with Gasteiger partial charge in [-0.25, -0.2) is 0 Å². The highest BCUT2D eigenvalue weighted by atomic mass is 32.1. The summed E-state index contributed by atoms with van der Waals surface area (Å²) in [7, 11) is 1.76. The maximum atomic E-state index is 13.9. The zero-order chi connectivity index (χ0) is 22.7. The van der Waals surface area contributed by atoms with Crippen molar-refractivity contribution in [2.45, 2.75) is 57.0 Å². The molecule has 0 atom stereocenters. The second-order valence-electron chi connectivity index (χ2n) is 7.23. The van der Waals surface area contributed by atoms with Crippen LogP contribution in [0.3, 0.4) is 0 Å². The van der Waals surface area contributed by atoms with Crippen molar-refractivity contribution in [3.05, 3.63) is 52.3 Å². The number of nitrogens with zero attached hydrogens (tertiary/aromatic N) is 1. The van der Waals surface area contributed by atoms with Gasteiger partial charge in [0, 0.05) is 30.6 Å². The Morgan fingerprint density at radius 1 is 0.867 bits per heavy atom. The van der Waals surface area contributed by atoms with Gasteiger partial charge in [0.05, 0.1) is 4.51 Å². The third-order valence-corrected chi connectivity index (χ3v) is 5.32. The molecular formula is C21H22F7NS. The van der Waals surface area contributed by atoms with Crippen molar-refractivity contribution < 1.29 is 30.7 Å². The Labute approximate surface area is 175 Å². The van der Waals surface area contributed by atoms with E-state index in [0.29, 0.717) is 27.8 Å². The second kappa shape index (κ2) is 9.08. The van der Waals surface area contributed by atoms with Crippen LogP contribution < -0.4 is 0 Å². The molecule has 1 nitrogen and oxygen atoms in total. The fourth-order valence-corrected chi connectivity index (χ4v) is 3.45. The molecule has 1 aromatic heterocycles. The minimum Gasteiger partial charge on any atom is -0.356 e. The quantitative estimate of drug-likeness (QED) is 0.224. The summed E-state index contributed by atoms with van der Waals surface area (Å²) in [5.74, 6) is -11.6. The molecule has 30 heavy (non-hydrogen) atoms. The predicted octanol–water partition coefficient (Wildman–Crippen LogP) is 7.83. The molecule has 166 valence electrons. The number of hydrogen-bond donors (Lipinski definition) is 0. The van der Waals surface area contributed by atoms with Gasteiger partial charge in [-0.15, -0.1) is 0 Å². The summed E-state index contributed by atoms with van der Waals surface area (Å²) < 4.78 is 93.8. The van der Waals surface area contributed by atoms with Crippen molar-refractivity contribution >= 4 is 12.2 Å². The average Bonchev–Trinajstić information content (AvgIpc) is 2.66. The molecule has 0 aliphatic carbocycles. The van der Waals surface area contributed by atoms with Gasteiger partial charge in [0.1, 0.15) is 0 Å². The molecule has 0 saturated heterocycles. The van der Waals surface area contributed by atoms with Gasteiger partial charge >= 0.3 is 18.0 Å². The maximum Gasteiger partial charge on any atom is 0.460 e. The number of alkyl halides is 7. The highest BCUT2D eigenvalue weighted by molar-refractivity contribution is 7.71. The SMILES string of the molecule is CCCCCCc1cn(C)cc(-c2ccc(C(F)(F)C(F)(F)C(F)(F)F)cc2)c1=S. The molecule has 0 bridgehead atoms. The minimum absolute atomic E-state index is 0.362. The van der Waals surface area contributed by atoms with Crippen LogP contribution >= 0.6 is 12.2 Å². The molecule has 1 heterocycles. The Balaban J connectivity index is 2.37. The lowest BCUT2D eigenvalue weighted by atomic mass is 9.97. The molecule has 0 spiro atoms. The van der Waals surface area contributed by atoms with E-state index in [-0.39, 0.29) is 0 Å². The van der Waals surface area contributed by atoms with E-state index >= 15 is 0 Å². The van der Waals surface area contributed by atoms with Crippen molar-refractivity contribution in [3.8, 4) is 11.1 Å². The second-order valence-corrected chi connectivity index (χ2v) is 7.63. The number of rotatable bonds is 8. The van der Waals surface area contributed by atoms with Crippen LogP contribution in [0.25, 0.3) is 11.1 Å². The van der Waals surface area contributed by atoms with E-state index in [1.807, 2.05) is 6.20 Å². The molecule has 1 aromatic carbocycles. The van der Waals surface area contributed by atoms with Crippen LogP contribution in [0.1, 0.15) is 43.7 Å². The molecule has 0 radical (unpaired) electrons. The number of benzene rings is 1. The van der Waals surface area contributed by atoms with Gasteiger partial charge in [0.25, 0.3) is 0 Å². The molecule has 0 amide bonds. The fraction of sp³-hybridized carbons (Fsp3) is 0.476. The van der Waals surface area contributed by atoms with Crippen LogP contribution in [-0.2, 0) is 19.4 Å². The Hall–Kier alpha value is -1.90. The van der Waals surface area contributed by atoms with E-state index in [1.165, 1.54) is 0 Å². The van der Waals surface area contributed by atoms with Crippen molar-refractivity contribution in [1.29, 1.82) is 0 Å². The number of halogens is 7. The number of aryl methyl sites for hydroxylation is 2. The first-order valence-electron chi connectivity index (χ1n) is 9.45. The summed E-state index contributed by atoms with van der Waals surface area (Å²) >= 11 is 5.50. The number of aromatic nitrogens is 1. The molecule has 2 rings (SSSR count). The lowest BCUT2D eigenvalue weighted by molar-refractivity contribution is -0.359. The van der Waals surface area contributed by atoms with Gasteiger partial charge in [0.2, 0.25) is 0 Å². The Morgan fingerprint density at radius 3 is 2.00 bits per heavy atom. The first-order chi connectivity index (χ1) is 13.8. The number of pyridine rings is 1. The highest BCUT2D eigenvalue weighted by Gasteiger charge is 2.73. The fourth-order valence-electron chi connectivity index (χ4n) is 3.12. The third kappa shape index (κ3) is 4.87. The summed E-state index contributed by atoms with van der Waals surface area (Å²) in [6.07, 6.45) is 2.03. The van der Waals surface area contributed by atoms with E-state index in [9.17, 15) is 30.7 Å². The monoisotopic (exact) mass is 453 g/mol. The van der Waals surface area contributed by atoms with E-state index < -0.39 is 23.6 Å². The van der Waals surface area contributed by atoms with Gasteiger partial charge in [0.15, 0.2) is 0 Å². The van der Waals surface area contributed by atoms with E-state index in [1.54, 1.807) is 17.8 Å². The first kappa shape index (κ1) is 24.4. The summed E-state index contributed by atoms with van der Waals surface area (Å²) in [5.41, 5.74) is 0.359. The minimum atomic E-state index is -6.37. The maximum absolute atomic E-state index is 13.9. The van der Waals surface area contributed by atoms with Crippen LogP contribution in [-0.4, -0.2) is 16.7 Å². The molecule has 9 heteroatoms. The topological polar surface area (TPSA) is 4.93 Å². The molecule has 2 aromatic rings. The molecule has 0 unspecified atom stereocenters. The molecule has 0 fully saturated rings. The lowest BCUT2D eigenvalue weighted by Crippen LogP contribution is -2.49. The standard InChI is InChI=1S/C21H22F7NS/c1-3-4-5-6-7-15-12-29(2)13-17(18(15)30)14-8-10-16(11-9-14)19(22,23)20(24,25)21(26,27)28/h8-13H,3-7H2,1-2H3. The summed E-state index contributed by atoms with van der Waals surface area (Å²) in [5, 5.41) is 0. The first-order valence-corrected chi connectivity index (χ1v) is 9.86.